The van der Waals surface area contributed by atoms with Gasteiger partial charge in [-0.05, 0) is 52.9 Å². The molecule has 0 bridgehead atoms. The lowest BCUT2D eigenvalue weighted by molar-refractivity contribution is 0.00578. The van der Waals surface area contributed by atoms with E-state index in [1.807, 2.05) is 0 Å². The molecule has 0 aromatic heterocycles. The number of rotatable bonds is 4. The predicted molar refractivity (Wildman–Crippen MR) is 82.7 cm³/mol. The highest BCUT2D eigenvalue weighted by Gasteiger charge is 2.54. The van der Waals surface area contributed by atoms with Crippen LogP contribution in [-0.4, -0.2) is 42.9 Å². The molecule has 0 aromatic carbocycles. The van der Waals surface area contributed by atoms with Crippen molar-refractivity contribution in [3.8, 4) is 0 Å². The molecule has 19 heavy (non-hydrogen) atoms. The van der Waals surface area contributed by atoms with Crippen LogP contribution in [0.25, 0.3) is 0 Å². The summed E-state index contributed by atoms with van der Waals surface area (Å²) >= 11 is 3.45. The van der Waals surface area contributed by atoms with E-state index in [1.54, 1.807) is 0 Å². The van der Waals surface area contributed by atoms with E-state index >= 15 is 0 Å². The molecule has 0 aliphatic carbocycles. The zero-order chi connectivity index (χ0) is 14.1. The van der Waals surface area contributed by atoms with Crippen LogP contribution in [0.4, 0.5) is 0 Å². The van der Waals surface area contributed by atoms with Crippen molar-refractivity contribution in [3.05, 3.63) is 0 Å². The van der Waals surface area contributed by atoms with Gasteiger partial charge in [0, 0.05) is 11.9 Å². The van der Waals surface area contributed by atoms with Gasteiger partial charge in [-0.15, -0.1) is 0 Å². The first-order valence-corrected chi connectivity index (χ1v) is 8.36. The van der Waals surface area contributed by atoms with Crippen molar-refractivity contribution in [2.45, 2.75) is 63.7 Å². The van der Waals surface area contributed by atoms with E-state index in [-0.39, 0.29) is 18.3 Å². The number of nitrogens with one attached hydrogen (secondary N) is 2. The molecule has 0 aromatic rings. The minimum Gasteiger partial charge on any atom is -0.403 e. The quantitative estimate of drug-likeness (QED) is 0.611. The van der Waals surface area contributed by atoms with Gasteiger partial charge >= 0.3 is 7.12 Å². The average Bonchev–Trinajstić information content (AvgIpc) is 2.56. The lowest BCUT2D eigenvalue weighted by Crippen LogP contribution is -2.49. The molecular weight excluding hydrogens is 307 g/mol. The molecule has 110 valence electrons. The van der Waals surface area contributed by atoms with Crippen LogP contribution in [0.5, 0.6) is 0 Å². The summed E-state index contributed by atoms with van der Waals surface area (Å²) in [6.07, 6.45) is 2.54. The number of hydrogen-bond donors (Lipinski definition) is 2. The third-order valence-corrected chi connectivity index (χ3v) is 4.98. The fourth-order valence-electron chi connectivity index (χ4n) is 2.66. The fourth-order valence-corrected chi connectivity index (χ4v) is 2.89. The van der Waals surface area contributed by atoms with Gasteiger partial charge in [-0.2, -0.15) is 0 Å². The molecule has 2 saturated heterocycles. The number of piperidine rings is 1. The molecule has 0 spiro atoms. The Kier molecular flexibility index (Phi) is 4.99. The number of hydrogen-bond acceptors (Lipinski definition) is 4. The summed E-state index contributed by atoms with van der Waals surface area (Å²) in [6, 6.07) is 0. The van der Waals surface area contributed by atoms with Gasteiger partial charge in [0.25, 0.3) is 0 Å². The first-order chi connectivity index (χ1) is 8.86. The number of alkyl halides is 1. The molecule has 2 aliphatic heterocycles. The van der Waals surface area contributed by atoms with Gasteiger partial charge in [0.1, 0.15) is 0 Å². The highest BCUT2D eigenvalue weighted by atomic mass is 79.9. The molecule has 2 N–H and O–H groups in total. The van der Waals surface area contributed by atoms with E-state index in [9.17, 15) is 0 Å². The first kappa shape index (κ1) is 15.8. The van der Waals surface area contributed by atoms with E-state index < -0.39 is 0 Å². The molecule has 2 heterocycles. The highest BCUT2D eigenvalue weighted by molar-refractivity contribution is 9.09. The monoisotopic (exact) mass is 332 g/mol. The van der Waals surface area contributed by atoms with Crippen molar-refractivity contribution in [1.82, 2.24) is 10.6 Å². The SMILES string of the molecule is CC1(C)OB(C2CCNC(NCCBr)C2)OC1(C)C. The van der Waals surface area contributed by atoms with Crippen molar-refractivity contribution in [1.29, 1.82) is 0 Å². The molecule has 4 nitrogen and oxygen atoms in total. The second kappa shape index (κ2) is 6.02. The third-order valence-electron chi connectivity index (χ3n) is 4.59. The van der Waals surface area contributed by atoms with Crippen LogP contribution in [-0.2, 0) is 9.31 Å². The molecule has 2 fully saturated rings. The van der Waals surface area contributed by atoms with Crippen molar-refractivity contribution < 1.29 is 9.31 Å². The van der Waals surface area contributed by atoms with Crippen molar-refractivity contribution in [2.75, 3.05) is 18.4 Å². The Bertz CT molecular complexity index is 299. The number of halogens is 1. The van der Waals surface area contributed by atoms with Gasteiger partial charge in [0.15, 0.2) is 0 Å². The first-order valence-electron chi connectivity index (χ1n) is 7.24. The van der Waals surface area contributed by atoms with Gasteiger partial charge in [0.2, 0.25) is 0 Å². The molecule has 2 atom stereocenters. The third kappa shape index (κ3) is 3.53. The second-order valence-corrected chi connectivity index (χ2v) is 7.35. The Hall–Kier alpha value is 0.385. The molecule has 0 amide bonds. The normalized spacial score (nSPS) is 33.6. The lowest BCUT2D eigenvalue weighted by atomic mass is 9.66. The topological polar surface area (TPSA) is 42.5 Å². The van der Waals surface area contributed by atoms with Crippen molar-refractivity contribution >= 4 is 23.0 Å². The summed E-state index contributed by atoms with van der Waals surface area (Å²) in [5.74, 6) is 0.468. The minimum absolute atomic E-state index is 0.0691. The Morgan fingerprint density at radius 3 is 2.47 bits per heavy atom. The van der Waals surface area contributed by atoms with Gasteiger partial charge in [-0.25, -0.2) is 0 Å². The predicted octanol–water partition coefficient (Wildman–Crippen LogP) is 2.14. The maximum absolute atomic E-state index is 6.17. The largest absolute Gasteiger partial charge is 0.461 e. The Morgan fingerprint density at radius 2 is 1.89 bits per heavy atom. The molecule has 2 unspecified atom stereocenters. The van der Waals surface area contributed by atoms with Crippen molar-refractivity contribution in [2.24, 2.45) is 0 Å². The fraction of sp³-hybridized carbons (Fsp3) is 1.00. The van der Waals surface area contributed by atoms with E-state index in [0.29, 0.717) is 12.0 Å². The van der Waals surface area contributed by atoms with Crippen LogP contribution in [0, 0.1) is 0 Å². The van der Waals surface area contributed by atoms with Crippen molar-refractivity contribution in [3.63, 3.8) is 0 Å². The maximum Gasteiger partial charge on any atom is 0.461 e. The van der Waals surface area contributed by atoms with E-state index in [0.717, 1.165) is 31.3 Å². The molecule has 0 saturated carbocycles. The summed E-state index contributed by atoms with van der Waals surface area (Å²) in [4.78, 5) is 0. The lowest BCUT2D eigenvalue weighted by Gasteiger charge is -2.32. The van der Waals surface area contributed by atoms with Gasteiger partial charge in [-0.3, -0.25) is 0 Å². The highest BCUT2D eigenvalue weighted by Crippen LogP contribution is 2.42. The Morgan fingerprint density at radius 1 is 1.26 bits per heavy atom. The molecule has 2 rings (SSSR count). The van der Waals surface area contributed by atoms with Crippen LogP contribution >= 0.6 is 15.9 Å². The van der Waals surface area contributed by atoms with Crippen LogP contribution < -0.4 is 10.6 Å². The zero-order valence-corrected chi connectivity index (χ0v) is 14.0. The van der Waals surface area contributed by atoms with E-state index in [2.05, 4.69) is 54.3 Å². The molecule has 2 aliphatic rings. The van der Waals surface area contributed by atoms with Gasteiger partial charge in [-0.1, -0.05) is 15.9 Å². The molecule has 0 radical (unpaired) electrons. The van der Waals surface area contributed by atoms with E-state index in [1.165, 1.54) is 0 Å². The maximum atomic E-state index is 6.17. The standard InChI is InChI=1S/C13H26BBrN2O2/c1-12(2)13(3,4)19-14(18-12)10-5-7-16-11(9-10)17-8-6-15/h10-11,16-17H,5-9H2,1-4H3. The van der Waals surface area contributed by atoms with Gasteiger partial charge in [0.05, 0.1) is 17.4 Å². The Balaban J connectivity index is 1.92. The summed E-state index contributed by atoms with van der Waals surface area (Å²) < 4.78 is 12.3. The van der Waals surface area contributed by atoms with E-state index in [4.69, 9.17) is 9.31 Å². The Labute approximate surface area is 125 Å². The summed E-state index contributed by atoms with van der Waals surface area (Å²) in [5.41, 5.74) is -0.442. The average molecular weight is 333 g/mol. The minimum atomic E-state index is -0.221. The molecular formula is C13H26BBrN2O2. The summed E-state index contributed by atoms with van der Waals surface area (Å²) in [6.45, 7) is 10.5. The van der Waals surface area contributed by atoms with Crippen LogP contribution in [0.3, 0.4) is 0 Å². The smallest absolute Gasteiger partial charge is 0.403 e. The second-order valence-electron chi connectivity index (χ2n) is 6.56. The molecule has 6 heteroatoms. The summed E-state index contributed by atoms with van der Waals surface area (Å²) in [7, 11) is -0.0691. The summed E-state index contributed by atoms with van der Waals surface area (Å²) in [5, 5.41) is 7.98. The zero-order valence-electron chi connectivity index (χ0n) is 12.5. The van der Waals surface area contributed by atoms with Crippen LogP contribution in [0.2, 0.25) is 5.82 Å². The van der Waals surface area contributed by atoms with Crippen LogP contribution in [0.15, 0.2) is 0 Å². The van der Waals surface area contributed by atoms with Gasteiger partial charge < -0.3 is 19.9 Å². The van der Waals surface area contributed by atoms with Crippen LogP contribution in [0.1, 0.15) is 40.5 Å².